The number of rotatable bonds is 5. The zero-order chi connectivity index (χ0) is 18.6. The van der Waals surface area contributed by atoms with Crippen molar-refractivity contribution in [3.63, 3.8) is 0 Å². The first-order valence-electron chi connectivity index (χ1n) is 7.88. The molecule has 1 aromatic carbocycles. The molecule has 1 amide bonds. The van der Waals surface area contributed by atoms with Crippen LogP contribution in [0.2, 0.25) is 0 Å². The molecule has 1 N–H and O–H groups in total. The van der Waals surface area contributed by atoms with Crippen molar-refractivity contribution in [3.05, 3.63) is 33.9 Å². The van der Waals surface area contributed by atoms with Crippen LogP contribution in [0.4, 0.5) is 11.4 Å². The van der Waals surface area contributed by atoms with Gasteiger partial charge in [0.15, 0.2) is 6.61 Å². The van der Waals surface area contributed by atoms with E-state index in [1.807, 2.05) is 13.8 Å². The van der Waals surface area contributed by atoms with Crippen molar-refractivity contribution in [3.8, 4) is 0 Å². The second-order valence-corrected chi connectivity index (χ2v) is 5.87. The van der Waals surface area contributed by atoms with E-state index < -0.39 is 17.5 Å². The number of carbonyl (C=O) groups excluding carboxylic acids is 2. The molecule has 0 saturated carbocycles. The third kappa shape index (κ3) is 4.66. The first-order chi connectivity index (χ1) is 11.8. The molecule has 25 heavy (non-hydrogen) atoms. The van der Waals surface area contributed by atoms with E-state index in [2.05, 4.69) is 5.32 Å². The maximum atomic E-state index is 12.2. The first-order valence-corrected chi connectivity index (χ1v) is 7.88. The highest BCUT2D eigenvalue weighted by molar-refractivity contribution is 5.97. The molecule has 0 unspecified atom stereocenters. The summed E-state index contributed by atoms with van der Waals surface area (Å²) in [5.41, 5.74) is 0.165. The predicted octanol–water partition coefficient (Wildman–Crippen LogP) is 1.43. The number of hydrogen-bond donors (Lipinski definition) is 1. The number of amides is 1. The first kappa shape index (κ1) is 18.7. The van der Waals surface area contributed by atoms with Gasteiger partial charge in [-0.3, -0.25) is 14.9 Å². The van der Waals surface area contributed by atoms with Crippen LogP contribution in [0.15, 0.2) is 18.2 Å². The number of benzene rings is 1. The molecule has 1 saturated heterocycles. The maximum Gasteiger partial charge on any atom is 0.341 e. The number of hydrogen-bond acceptors (Lipinski definition) is 7. The number of anilines is 1. The SMILES string of the molecule is CNc1ccc([N+](=O)[O-])cc1C(=O)OCC(=O)N1C[C@@H](C)O[C@H](C)C1. The number of non-ortho nitro benzene ring substituents is 1. The van der Waals surface area contributed by atoms with Crippen LogP contribution in [0, 0.1) is 10.1 Å². The summed E-state index contributed by atoms with van der Waals surface area (Å²) in [5.74, 6) is -1.12. The lowest BCUT2D eigenvalue weighted by atomic mass is 10.1. The van der Waals surface area contributed by atoms with Crippen molar-refractivity contribution in [2.45, 2.75) is 26.1 Å². The van der Waals surface area contributed by atoms with Gasteiger partial charge in [-0.2, -0.15) is 0 Å². The summed E-state index contributed by atoms with van der Waals surface area (Å²) in [5, 5.41) is 13.6. The molecule has 0 bridgehead atoms. The average molecular weight is 351 g/mol. The van der Waals surface area contributed by atoms with Crippen molar-refractivity contribution in [2.24, 2.45) is 0 Å². The molecule has 1 aliphatic heterocycles. The van der Waals surface area contributed by atoms with Crippen LogP contribution in [0.3, 0.4) is 0 Å². The Balaban J connectivity index is 2.03. The minimum Gasteiger partial charge on any atom is -0.452 e. The standard InChI is InChI=1S/C16H21N3O6/c1-10-7-18(8-11(2)25-10)15(20)9-24-16(21)13-6-12(19(22)23)4-5-14(13)17-3/h4-6,10-11,17H,7-9H2,1-3H3/t10-,11-/m1/s1. The normalized spacial score (nSPS) is 20.0. The minimum absolute atomic E-state index is 0.00761. The Bertz CT molecular complexity index is 668. The number of esters is 1. The fourth-order valence-corrected chi connectivity index (χ4v) is 2.71. The van der Waals surface area contributed by atoms with Crippen LogP contribution in [0.25, 0.3) is 0 Å². The Hall–Kier alpha value is -2.68. The monoisotopic (exact) mass is 351 g/mol. The quantitative estimate of drug-likeness (QED) is 0.485. The van der Waals surface area contributed by atoms with Crippen molar-refractivity contribution >= 4 is 23.3 Å². The molecule has 2 rings (SSSR count). The summed E-state index contributed by atoms with van der Waals surface area (Å²) < 4.78 is 10.6. The van der Waals surface area contributed by atoms with E-state index in [9.17, 15) is 19.7 Å². The van der Waals surface area contributed by atoms with E-state index in [0.29, 0.717) is 18.8 Å². The highest BCUT2D eigenvalue weighted by Gasteiger charge is 2.27. The van der Waals surface area contributed by atoms with Gasteiger partial charge < -0.3 is 19.7 Å². The van der Waals surface area contributed by atoms with Gasteiger partial charge in [0.05, 0.1) is 22.7 Å². The van der Waals surface area contributed by atoms with Gasteiger partial charge in [-0.05, 0) is 19.9 Å². The zero-order valence-electron chi connectivity index (χ0n) is 14.4. The van der Waals surface area contributed by atoms with Crippen LogP contribution in [-0.4, -0.2) is 60.7 Å². The highest BCUT2D eigenvalue weighted by Crippen LogP contribution is 2.22. The number of ether oxygens (including phenoxy) is 2. The molecule has 9 heteroatoms. The third-order valence-corrected chi connectivity index (χ3v) is 3.80. The van der Waals surface area contributed by atoms with Gasteiger partial charge in [0.2, 0.25) is 0 Å². The number of nitro benzene ring substituents is 1. The molecule has 0 radical (unpaired) electrons. The Morgan fingerprint density at radius 1 is 1.36 bits per heavy atom. The zero-order valence-corrected chi connectivity index (χ0v) is 14.4. The van der Waals surface area contributed by atoms with E-state index in [4.69, 9.17) is 9.47 Å². The Labute approximate surface area is 145 Å². The lowest BCUT2D eigenvalue weighted by Crippen LogP contribution is -2.49. The van der Waals surface area contributed by atoms with Crippen LogP contribution in [0.1, 0.15) is 24.2 Å². The second kappa shape index (κ2) is 7.93. The number of nitro groups is 1. The average Bonchev–Trinajstić information content (AvgIpc) is 2.57. The smallest absolute Gasteiger partial charge is 0.341 e. The van der Waals surface area contributed by atoms with Gasteiger partial charge in [0.1, 0.15) is 0 Å². The Kier molecular flexibility index (Phi) is 5.92. The second-order valence-electron chi connectivity index (χ2n) is 5.87. The largest absolute Gasteiger partial charge is 0.452 e. The number of nitrogens with one attached hydrogen (secondary N) is 1. The maximum absolute atomic E-state index is 12.2. The molecule has 0 spiro atoms. The van der Waals surface area contributed by atoms with E-state index in [1.54, 1.807) is 11.9 Å². The molecule has 0 aromatic heterocycles. The van der Waals surface area contributed by atoms with Crippen LogP contribution < -0.4 is 5.32 Å². The van der Waals surface area contributed by atoms with E-state index >= 15 is 0 Å². The van der Waals surface area contributed by atoms with Gasteiger partial charge in [-0.15, -0.1) is 0 Å². The van der Waals surface area contributed by atoms with Gasteiger partial charge in [0.25, 0.3) is 11.6 Å². The summed E-state index contributed by atoms with van der Waals surface area (Å²) in [6, 6.07) is 3.82. The van der Waals surface area contributed by atoms with Crippen LogP contribution in [0.5, 0.6) is 0 Å². The van der Waals surface area contributed by atoms with Crippen molar-refractivity contribution in [2.75, 3.05) is 32.1 Å². The molecule has 1 aromatic rings. The fourth-order valence-electron chi connectivity index (χ4n) is 2.71. The molecular formula is C16H21N3O6. The summed E-state index contributed by atoms with van der Waals surface area (Å²) in [6.45, 7) is 4.16. The van der Waals surface area contributed by atoms with Crippen molar-refractivity contribution < 1.29 is 24.0 Å². The van der Waals surface area contributed by atoms with Crippen LogP contribution in [-0.2, 0) is 14.3 Å². The highest BCUT2D eigenvalue weighted by atomic mass is 16.6. The van der Waals surface area contributed by atoms with Gasteiger partial charge in [-0.1, -0.05) is 0 Å². The van der Waals surface area contributed by atoms with E-state index in [1.165, 1.54) is 12.1 Å². The predicted molar refractivity (Wildman–Crippen MR) is 89.5 cm³/mol. The summed E-state index contributed by atoms with van der Waals surface area (Å²) >= 11 is 0. The van der Waals surface area contributed by atoms with Crippen molar-refractivity contribution in [1.29, 1.82) is 0 Å². The molecule has 9 nitrogen and oxygen atoms in total. The lowest BCUT2D eigenvalue weighted by Gasteiger charge is -2.35. The molecule has 136 valence electrons. The molecule has 1 aliphatic rings. The fraction of sp³-hybridized carbons (Fsp3) is 0.500. The van der Waals surface area contributed by atoms with E-state index in [-0.39, 0.29) is 29.4 Å². The summed E-state index contributed by atoms with van der Waals surface area (Å²) in [6.07, 6.45) is -0.174. The third-order valence-electron chi connectivity index (χ3n) is 3.80. The summed E-state index contributed by atoms with van der Waals surface area (Å²) in [4.78, 5) is 36.3. The van der Waals surface area contributed by atoms with E-state index in [0.717, 1.165) is 6.07 Å². The molecular weight excluding hydrogens is 330 g/mol. The van der Waals surface area contributed by atoms with Gasteiger partial charge in [0, 0.05) is 38.0 Å². The van der Waals surface area contributed by atoms with Gasteiger partial charge in [-0.25, -0.2) is 4.79 Å². The van der Waals surface area contributed by atoms with Crippen LogP contribution >= 0.6 is 0 Å². The summed E-state index contributed by atoms with van der Waals surface area (Å²) in [7, 11) is 1.58. The number of nitrogens with zero attached hydrogens (tertiary/aromatic N) is 2. The Morgan fingerprint density at radius 2 is 2.00 bits per heavy atom. The molecule has 2 atom stereocenters. The lowest BCUT2D eigenvalue weighted by molar-refractivity contribution is -0.384. The molecule has 0 aliphatic carbocycles. The topological polar surface area (TPSA) is 111 Å². The molecule has 1 heterocycles. The Morgan fingerprint density at radius 3 is 2.56 bits per heavy atom. The molecule has 1 fully saturated rings. The minimum atomic E-state index is -0.796. The van der Waals surface area contributed by atoms with Gasteiger partial charge >= 0.3 is 5.97 Å². The number of carbonyl (C=O) groups is 2. The number of morpholine rings is 1. The van der Waals surface area contributed by atoms with Crippen molar-refractivity contribution in [1.82, 2.24) is 4.90 Å².